The van der Waals surface area contributed by atoms with Crippen molar-refractivity contribution in [1.82, 2.24) is 10.8 Å². The van der Waals surface area contributed by atoms with E-state index in [4.69, 9.17) is 15.1 Å². The summed E-state index contributed by atoms with van der Waals surface area (Å²) in [5.74, 6) is 3.04. The van der Waals surface area contributed by atoms with Gasteiger partial charge >= 0.3 is 5.97 Å². The van der Waals surface area contributed by atoms with Crippen molar-refractivity contribution in [1.29, 1.82) is 0 Å². The molecule has 1 atom stereocenters. The lowest BCUT2D eigenvalue weighted by Crippen LogP contribution is -2.41. The fourth-order valence-corrected chi connectivity index (χ4v) is 1.75. The third-order valence-electron chi connectivity index (χ3n) is 2.98. The monoisotopic (exact) mass is 334 g/mol. The Labute approximate surface area is 138 Å². The van der Waals surface area contributed by atoms with E-state index in [-0.39, 0.29) is 18.4 Å². The number of aliphatic carboxylic acids is 1. The van der Waals surface area contributed by atoms with E-state index in [1.807, 2.05) is 0 Å². The highest BCUT2D eigenvalue weighted by Gasteiger charge is 2.21. The predicted octanol–water partition coefficient (Wildman–Crippen LogP) is 0.153. The zero-order valence-electron chi connectivity index (χ0n) is 13.0. The van der Waals surface area contributed by atoms with Crippen LogP contribution in [0.5, 0.6) is 0 Å². The molecule has 1 aromatic rings. The Kier molecular flexibility index (Phi) is 7.98. The minimum atomic E-state index is -1.27. The van der Waals surface area contributed by atoms with Crippen LogP contribution in [0.15, 0.2) is 24.3 Å². The number of carboxylic acid groups (broad SMARTS) is 1. The Bertz CT molecular complexity index is 645. The molecule has 0 unspecified atom stereocenters. The molecule has 128 valence electrons. The van der Waals surface area contributed by atoms with Gasteiger partial charge in [0, 0.05) is 24.7 Å². The number of rotatable bonds is 7. The molecule has 8 heteroatoms. The summed E-state index contributed by atoms with van der Waals surface area (Å²) >= 11 is 0. The number of carboxylic acids is 1. The van der Waals surface area contributed by atoms with E-state index in [0.29, 0.717) is 12.2 Å². The van der Waals surface area contributed by atoms with Gasteiger partial charge in [-0.2, -0.15) is 0 Å². The fourth-order valence-electron chi connectivity index (χ4n) is 1.75. The van der Waals surface area contributed by atoms with E-state index >= 15 is 0 Å². The van der Waals surface area contributed by atoms with Crippen molar-refractivity contribution in [2.45, 2.75) is 18.9 Å². The maximum absolute atomic E-state index is 12.1. The van der Waals surface area contributed by atoms with Crippen molar-refractivity contribution in [2.75, 3.05) is 13.7 Å². The van der Waals surface area contributed by atoms with Crippen LogP contribution in [0, 0.1) is 11.8 Å². The summed E-state index contributed by atoms with van der Waals surface area (Å²) in [4.78, 5) is 34.1. The number of amides is 2. The van der Waals surface area contributed by atoms with Gasteiger partial charge in [-0.25, -0.2) is 10.3 Å². The molecule has 0 radical (unpaired) electrons. The van der Waals surface area contributed by atoms with Gasteiger partial charge in [0.1, 0.15) is 12.6 Å². The second-order valence-electron chi connectivity index (χ2n) is 4.75. The lowest BCUT2D eigenvalue weighted by atomic mass is 10.1. The molecule has 24 heavy (non-hydrogen) atoms. The Morgan fingerprint density at radius 2 is 1.92 bits per heavy atom. The Hall–Kier alpha value is -2.89. The Balaban J connectivity index is 2.69. The van der Waals surface area contributed by atoms with E-state index < -0.39 is 23.8 Å². The van der Waals surface area contributed by atoms with Gasteiger partial charge in [0.15, 0.2) is 0 Å². The largest absolute Gasteiger partial charge is 0.480 e. The van der Waals surface area contributed by atoms with Crippen molar-refractivity contribution >= 4 is 17.8 Å². The first-order chi connectivity index (χ1) is 11.5. The van der Waals surface area contributed by atoms with E-state index in [9.17, 15) is 14.4 Å². The maximum Gasteiger partial charge on any atom is 0.326 e. The first kappa shape index (κ1) is 19.2. The van der Waals surface area contributed by atoms with Crippen LogP contribution in [-0.2, 0) is 14.3 Å². The van der Waals surface area contributed by atoms with Crippen LogP contribution in [0.1, 0.15) is 28.8 Å². The third-order valence-corrected chi connectivity index (χ3v) is 2.98. The van der Waals surface area contributed by atoms with Gasteiger partial charge < -0.3 is 15.2 Å². The molecule has 0 saturated carbocycles. The van der Waals surface area contributed by atoms with Crippen LogP contribution in [-0.4, -0.2) is 47.9 Å². The molecule has 0 aliphatic heterocycles. The zero-order valence-corrected chi connectivity index (χ0v) is 13.0. The number of ether oxygens (including phenoxy) is 1. The summed E-state index contributed by atoms with van der Waals surface area (Å²) in [5, 5.41) is 19.8. The normalized spacial score (nSPS) is 10.9. The summed E-state index contributed by atoms with van der Waals surface area (Å²) in [6.45, 7) is 0.296. The number of nitrogens with one attached hydrogen (secondary N) is 2. The number of carbonyl (C=O) groups is 3. The molecule has 1 aromatic carbocycles. The first-order valence-electron chi connectivity index (χ1n) is 7.02. The number of carbonyl (C=O) groups excluding carboxylic acids is 2. The van der Waals surface area contributed by atoms with Gasteiger partial charge in [0.25, 0.3) is 5.91 Å². The van der Waals surface area contributed by atoms with Crippen molar-refractivity contribution < 1.29 is 29.4 Å². The topological polar surface area (TPSA) is 125 Å². The molecule has 8 nitrogen and oxygen atoms in total. The van der Waals surface area contributed by atoms with Gasteiger partial charge in [-0.15, -0.1) is 0 Å². The molecule has 0 heterocycles. The highest BCUT2D eigenvalue weighted by Crippen LogP contribution is 2.05. The van der Waals surface area contributed by atoms with E-state index in [1.54, 1.807) is 12.1 Å². The van der Waals surface area contributed by atoms with Crippen LogP contribution in [0.25, 0.3) is 0 Å². The second-order valence-corrected chi connectivity index (χ2v) is 4.75. The molecule has 0 fully saturated rings. The fraction of sp³-hybridized carbons (Fsp3) is 0.312. The standard InChI is InChI=1S/C16H18N2O6/c1-24-10-2-3-11-4-6-12(7-5-11)15(20)17-13(16(21)22)8-9-14(19)18-23/h4-7,13,23H,8-10H2,1H3,(H,17,20)(H,18,19)(H,21,22)/t13-/m1/s1. The minimum absolute atomic E-state index is 0.145. The van der Waals surface area contributed by atoms with Gasteiger partial charge in [-0.3, -0.25) is 14.8 Å². The van der Waals surface area contributed by atoms with Crippen molar-refractivity contribution in [3.63, 3.8) is 0 Å². The average Bonchev–Trinajstić information content (AvgIpc) is 2.58. The van der Waals surface area contributed by atoms with Crippen molar-refractivity contribution in [3.05, 3.63) is 35.4 Å². The van der Waals surface area contributed by atoms with Gasteiger partial charge in [0.2, 0.25) is 5.91 Å². The van der Waals surface area contributed by atoms with Crippen LogP contribution in [0.2, 0.25) is 0 Å². The molecule has 0 aromatic heterocycles. The maximum atomic E-state index is 12.1. The Morgan fingerprint density at radius 1 is 1.25 bits per heavy atom. The van der Waals surface area contributed by atoms with Gasteiger partial charge in [-0.1, -0.05) is 11.8 Å². The van der Waals surface area contributed by atoms with Crippen LogP contribution >= 0.6 is 0 Å². The van der Waals surface area contributed by atoms with Crippen LogP contribution in [0.4, 0.5) is 0 Å². The second kappa shape index (κ2) is 9.99. The summed E-state index contributed by atoms with van der Waals surface area (Å²) in [7, 11) is 1.53. The molecule has 4 N–H and O–H groups in total. The number of hydrogen-bond acceptors (Lipinski definition) is 5. The van der Waals surface area contributed by atoms with Crippen LogP contribution in [0.3, 0.4) is 0 Å². The molecule has 1 rings (SSSR count). The predicted molar refractivity (Wildman–Crippen MR) is 83.2 cm³/mol. The van der Waals surface area contributed by atoms with Gasteiger partial charge in [-0.05, 0) is 30.7 Å². The van der Waals surface area contributed by atoms with Crippen LogP contribution < -0.4 is 10.8 Å². The molecular formula is C16H18N2O6. The minimum Gasteiger partial charge on any atom is -0.480 e. The molecule has 0 aliphatic rings. The lowest BCUT2D eigenvalue weighted by molar-refractivity contribution is -0.139. The number of benzene rings is 1. The summed E-state index contributed by atoms with van der Waals surface area (Å²) in [6.07, 6.45) is -0.379. The van der Waals surface area contributed by atoms with Gasteiger partial charge in [0.05, 0.1) is 0 Å². The summed E-state index contributed by atoms with van der Waals surface area (Å²) < 4.78 is 4.80. The Morgan fingerprint density at radius 3 is 2.46 bits per heavy atom. The number of methoxy groups -OCH3 is 1. The lowest BCUT2D eigenvalue weighted by Gasteiger charge is -2.14. The first-order valence-corrected chi connectivity index (χ1v) is 7.02. The molecule has 0 spiro atoms. The SMILES string of the molecule is COCC#Cc1ccc(C(=O)N[C@H](CCC(=O)NO)C(=O)O)cc1. The smallest absolute Gasteiger partial charge is 0.326 e. The van der Waals surface area contributed by atoms with E-state index in [0.717, 1.165) is 0 Å². The van der Waals surface area contributed by atoms with E-state index in [2.05, 4.69) is 17.2 Å². The van der Waals surface area contributed by atoms with Crippen molar-refractivity contribution in [2.24, 2.45) is 0 Å². The molecule has 0 aliphatic carbocycles. The zero-order chi connectivity index (χ0) is 17.9. The molecule has 0 saturated heterocycles. The molecular weight excluding hydrogens is 316 g/mol. The third kappa shape index (κ3) is 6.48. The number of hydroxylamine groups is 1. The summed E-state index contributed by atoms with van der Waals surface area (Å²) in [6, 6.07) is 5.06. The average molecular weight is 334 g/mol. The molecule has 2 amide bonds. The number of hydrogen-bond donors (Lipinski definition) is 4. The van der Waals surface area contributed by atoms with Crippen molar-refractivity contribution in [3.8, 4) is 11.8 Å². The summed E-state index contributed by atoms with van der Waals surface area (Å²) in [5.41, 5.74) is 2.37. The van der Waals surface area contributed by atoms with E-state index in [1.165, 1.54) is 24.7 Å². The highest BCUT2D eigenvalue weighted by molar-refractivity contribution is 5.96. The quantitative estimate of drug-likeness (QED) is 0.320. The molecule has 0 bridgehead atoms. The highest BCUT2D eigenvalue weighted by atomic mass is 16.5.